The summed E-state index contributed by atoms with van der Waals surface area (Å²) >= 11 is 1.17. The third-order valence-corrected chi connectivity index (χ3v) is 3.53. The van der Waals surface area contributed by atoms with Crippen LogP contribution in [0.25, 0.3) is 0 Å². The molecule has 1 rings (SSSR count). The number of thioether (sulfide) groups is 1. The van der Waals surface area contributed by atoms with Crippen LogP contribution in [0.1, 0.15) is 31.1 Å². The fourth-order valence-electron chi connectivity index (χ4n) is 1.75. The van der Waals surface area contributed by atoms with E-state index in [-0.39, 0.29) is 35.3 Å². The Morgan fingerprint density at radius 3 is 2.52 bits per heavy atom. The zero-order chi connectivity index (χ0) is 17.2. The summed E-state index contributed by atoms with van der Waals surface area (Å²) in [6.45, 7) is 5.79. The number of rotatable bonds is 8. The highest BCUT2D eigenvalue weighted by Crippen LogP contribution is 2.16. The molecular weight excluding hydrogens is 316 g/mol. The summed E-state index contributed by atoms with van der Waals surface area (Å²) in [5.74, 6) is -0.628. The molecule has 0 aromatic heterocycles. The number of ether oxygens (including phenoxy) is 1. The van der Waals surface area contributed by atoms with Gasteiger partial charge in [-0.1, -0.05) is 12.1 Å². The number of nitrogens with one attached hydrogen (secondary N) is 2. The molecule has 0 spiro atoms. The molecule has 0 atom stereocenters. The first kappa shape index (κ1) is 19.0. The first-order valence-electron chi connectivity index (χ1n) is 7.37. The molecule has 7 heteroatoms. The van der Waals surface area contributed by atoms with Crippen molar-refractivity contribution < 1.29 is 19.1 Å². The molecule has 0 aliphatic heterocycles. The zero-order valence-electron chi connectivity index (χ0n) is 13.5. The molecule has 1 aromatic carbocycles. The Morgan fingerprint density at radius 2 is 1.87 bits per heavy atom. The van der Waals surface area contributed by atoms with Crippen LogP contribution < -0.4 is 10.6 Å². The highest BCUT2D eigenvalue weighted by molar-refractivity contribution is 8.00. The summed E-state index contributed by atoms with van der Waals surface area (Å²) < 4.78 is 4.79. The summed E-state index contributed by atoms with van der Waals surface area (Å²) in [4.78, 5) is 35.2. The molecule has 0 saturated carbocycles. The molecule has 23 heavy (non-hydrogen) atoms. The number of esters is 1. The number of carbonyl (C=O) groups is 3. The van der Waals surface area contributed by atoms with Crippen molar-refractivity contribution in [3.8, 4) is 0 Å². The molecule has 0 unspecified atom stereocenters. The van der Waals surface area contributed by atoms with Crippen molar-refractivity contribution in [2.75, 3.05) is 23.4 Å². The predicted octanol–water partition coefficient (Wildman–Crippen LogP) is 2.06. The predicted molar refractivity (Wildman–Crippen MR) is 91.6 cm³/mol. The molecule has 1 aromatic rings. The lowest BCUT2D eigenvalue weighted by molar-refractivity contribution is -0.139. The largest absolute Gasteiger partial charge is 0.465 e. The normalized spacial score (nSPS) is 10.3. The van der Waals surface area contributed by atoms with Gasteiger partial charge in [0, 0.05) is 6.04 Å². The van der Waals surface area contributed by atoms with Gasteiger partial charge in [0.25, 0.3) is 5.91 Å². The van der Waals surface area contributed by atoms with Crippen molar-refractivity contribution in [2.24, 2.45) is 0 Å². The Kier molecular flexibility index (Phi) is 8.18. The average molecular weight is 338 g/mol. The Hall–Kier alpha value is -2.02. The topological polar surface area (TPSA) is 84.5 Å². The number of benzene rings is 1. The number of para-hydroxylation sites is 1. The highest BCUT2D eigenvalue weighted by Gasteiger charge is 2.14. The lowest BCUT2D eigenvalue weighted by atomic mass is 10.1. The van der Waals surface area contributed by atoms with E-state index in [9.17, 15) is 14.4 Å². The van der Waals surface area contributed by atoms with Crippen LogP contribution in [-0.2, 0) is 14.3 Å². The Labute approximate surface area is 140 Å². The van der Waals surface area contributed by atoms with E-state index in [4.69, 9.17) is 4.74 Å². The summed E-state index contributed by atoms with van der Waals surface area (Å²) in [5.41, 5.74) is 0.859. The van der Waals surface area contributed by atoms with Crippen LogP contribution in [-0.4, -0.2) is 41.9 Å². The van der Waals surface area contributed by atoms with Gasteiger partial charge in [0.15, 0.2) is 0 Å². The molecule has 2 amide bonds. The molecule has 0 saturated heterocycles. The first-order chi connectivity index (χ1) is 10.9. The standard InChI is InChI=1S/C16H22N2O4S/c1-4-22-15(20)10-23-9-14(19)18-13-8-6-5-7-12(13)16(21)17-11(2)3/h5-8,11H,4,9-10H2,1-3H3,(H,17,21)(H,18,19). The van der Waals surface area contributed by atoms with Crippen molar-refractivity contribution in [2.45, 2.75) is 26.8 Å². The van der Waals surface area contributed by atoms with Crippen molar-refractivity contribution in [1.29, 1.82) is 0 Å². The van der Waals surface area contributed by atoms with Gasteiger partial charge in [-0.25, -0.2) is 0 Å². The molecule has 0 bridgehead atoms. The molecule has 126 valence electrons. The molecule has 0 aliphatic carbocycles. The Morgan fingerprint density at radius 1 is 1.17 bits per heavy atom. The molecular formula is C16H22N2O4S. The van der Waals surface area contributed by atoms with Gasteiger partial charge >= 0.3 is 5.97 Å². The second-order valence-electron chi connectivity index (χ2n) is 5.02. The van der Waals surface area contributed by atoms with Gasteiger partial charge in [-0.3, -0.25) is 14.4 Å². The van der Waals surface area contributed by atoms with Gasteiger partial charge in [-0.2, -0.15) is 0 Å². The summed E-state index contributed by atoms with van der Waals surface area (Å²) in [6, 6.07) is 6.81. The molecule has 2 N–H and O–H groups in total. The van der Waals surface area contributed by atoms with E-state index < -0.39 is 0 Å². The molecule has 0 radical (unpaired) electrons. The van der Waals surface area contributed by atoms with E-state index in [1.165, 1.54) is 11.8 Å². The van der Waals surface area contributed by atoms with E-state index in [2.05, 4.69) is 10.6 Å². The summed E-state index contributed by atoms with van der Waals surface area (Å²) in [7, 11) is 0. The van der Waals surface area contributed by atoms with Gasteiger partial charge in [-0.15, -0.1) is 11.8 Å². The maximum Gasteiger partial charge on any atom is 0.315 e. The Balaban J connectivity index is 2.58. The van der Waals surface area contributed by atoms with Crippen LogP contribution in [0.15, 0.2) is 24.3 Å². The average Bonchev–Trinajstić information content (AvgIpc) is 2.47. The smallest absolute Gasteiger partial charge is 0.315 e. The van der Waals surface area contributed by atoms with E-state index in [1.807, 2.05) is 13.8 Å². The van der Waals surface area contributed by atoms with E-state index in [0.29, 0.717) is 17.9 Å². The zero-order valence-corrected chi connectivity index (χ0v) is 14.4. The molecule has 0 aliphatic rings. The van der Waals surface area contributed by atoms with Gasteiger partial charge in [0.05, 0.1) is 29.4 Å². The maximum absolute atomic E-state index is 12.1. The van der Waals surface area contributed by atoms with Gasteiger partial charge in [-0.05, 0) is 32.9 Å². The second-order valence-corrected chi connectivity index (χ2v) is 6.01. The van der Waals surface area contributed by atoms with Crippen molar-refractivity contribution in [3.05, 3.63) is 29.8 Å². The SMILES string of the molecule is CCOC(=O)CSCC(=O)Nc1ccccc1C(=O)NC(C)C. The van der Waals surface area contributed by atoms with Gasteiger partial charge in [0.1, 0.15) is 0 Å². The van der Waals surface area contributed by atoms with Crippen LogP contribution in [0.4, 0.5) is 5.69 Å². The molecule has 0 fully saturated rings. The minimum atomic E-state index is -0.345. The van der Waals surface area contributed by atoms with E-state index in [0.717, 1.165) is 0 Å². The second kappa shape index (κ2) is 9.89. The van der Waals surface area contributed by atoms with Crippen LogP contribution in [0.3, 0.4) is 0 Å². The van der Waals surface area contributed by atoms with Crippen LogP contribution >= 0.6 is 11.8 Å². The van der Waals surface area contributed by atoms with Crippen molar-refractivity contribution in [3.63, 3.8) is 0 Å². The summed E-state index contributed by atoms with van der Waals surface area (Å²) in [5, 5.41) is 5.49. The van der Waals surface area contributed by atoms with Crippen molar-refractivity contribution >= 4 is 35.2 Å². The fourth-order valence-corrected chi connectivity index (χ4v) is 2.36. The monoisotopic (exact) mass is 338 g/mol. The third-order valence-electron chi connectivity index (χ3n) is 2.62. The van der Waals surface area contributed by atoms with Crippen LogP contribution in [0, 0.1) is 0 Å². The first-order valence-corrected chi connectivity index (χ1v) is 8.52. The van der Waals surface area contributed by atoms with Gasteiger partial charge < -0.3 is 15.4 Å². The molecule has 6 nitrogen and oxygen atoms in total. The summed E-state index contributed by atoms with van der Waals surface area (Å²) in [6.07, 6.45) is 0. The number of amides is 2. The molecule has 0 heterocycles. The Bertz CT molecular complexity index is 561. The van der Waals surface area contributed by atoms with Crippen molar-refractivity contribution in [1.82, 2.24) is 5.32 Å². The number of anilines is 1. The lowest BCUT2D eigenvalue weighted by Crippen LogP contribution is -2.31. The highest BCUT2D eigenvalue weighted by atomic mass is 32.2. The minimum Gasteiger partial charge on any atom is -0.465 e. The fraction of sp³-hybridized carbons (Fsp3) is 0.438. The number of hydrogen-bond acceptors (Lipinski definition) is 5. The lowest BCUT2D eigenvalue weighted by Gasteiger charge is -2.13. The minimum absolute atomic E-state index is 0.00592. The van der Waals surface area contributed by atoms with Crippen LogP contribution in [0.5, 0.6) is 0 Å². The van der Waals surface area contributed by atoms with Gasteiger partial charge in [0.2, 0.25) is 5.91 Å². The van der Waals surface area contributed by atoms with E-state index in [1.54, 1.807) is 31.2 Å². The number of carbonyl (C=O) groups excluding carboxylic acids is 3. The third kappa shape index (κ3) is 7.19. The number of hydrogen-bond donors (Lipinski definition) is 2. The van der Waals surface area contributed by atoms with E-state index >= 15 is 0 Å². The van der Waals surface area contributed by atoms with Crippen LogP contribution in [0.2, 0.25) is 0 Å². The quantitative estimate of drug-likeness (QED) is 0.709. The maximum atomic E-state index is 12.1.